The molecule has 84 valence electrons. The van der Waals surface area contributed by atoms with Gasteiger partial charge < -0.3 is 10.0 Å². The van der Waals surface area contributed by atoms with E-state index in [1.165, 1.54) is 0 Å². The largest absolute Gasteiger partial charge is 0.392 e. The van der Waals surface area contributed by atoms with Crippen LogP contribution >= 0.6 is 0 Å². The molecule has 0 atom stereocenters. The second-order valence-electron chi connectivity index (χ2n) is 3.99. The van der Waals surface area contributed by atoms with Crippen LogP contribution in [0.1, 0.15) is 32.0 Å². The maximum atomic E-state index is 9.27. The van der Waals surface area contributed by atoms with Gasteiger partial charge in [0, 0.05) is 35.7 Å². The van der Waals surface area contributed by atoms with Gasteiger partial charge in [0.05, 0.1) is 6.61 Å². The van der Waals surface area contributed by atoms with E-state index in [2.05, 4.69) is 30.7 Å². The minimum atomic E-state index is 0.0475. The van der Waals surface area contributed by atoms with Crippen molar-refractivity contribution in [3.05, 3.63) is 23.5 Å². The second-order valence-corrected chi connectivity index (χ2v) is 3.99. The number of nitrogens with zero attached hydrogens (tertiary/aromatic N) is 2. The summed E-state index contributed by atoms with van der Waals surface area (Å²) in [6, 6.07) is 2.47. The fraction of sp³-hybridized carbons (Fsp3) is 0.583. The fourth-order valence-corrected chi connectivity index (χ4v) is 1.78. The van der Waals surface area contributed by atoms with Crippen molar-refractivity contribution in [2.45, 2.75) is 40.3 Å². The van der Waals surface area contributed by atoms with Gasteiger partial charge in [0.1, 0.15) is 0 Å². The second kappa shape index (κ2) is 5.12. The Labute approximate surface area is 91.8 Å². The van der Waals surface area contributed by atoms with Crippen LogP contribution in [0.5, 0.6) is 0 Å². The Kier molecular flexibility index (Phi) is 4.09. The molecule has 0 spiro atoms. The van der Waals surface area contributed by atoms with Crippen LogP contribution in [-0.4, -0.2) is 22.7 Å². The van der Waals surface area contributed by atoms with Crippen molar-refractivity contribution in [2.75, 3.05) is 11.4 Å². The van der Waals surface area contributed by atoms with Gasteiger partial charge in [-0.25, -0.2) is 0 Å². The van der Waals surface area contributed by atoms with Crippen LogP contribution in [0.3, 0.4) is 0 Å². The molecule has 1 heterocycles. The van der Waals surface area contributed by atoms with Crippen molar-refractivity contribution >= 4 is 5.69 Å². The third-order valence-corrected chi connectivity index (χ3v) is 2.54. The number of pyridine rings is 1. The van der Waals surface area contributed by atoms with Gasteiger partial charge in [-0.3, -0.25) is 4.98 Å². The maximum Gasteiger partial charge on any atom is 0.0717 e. The summed E-state index contributed by atoms with van der Waals surface area (Å²) < 4.78 is 0. The number of anilines is 1. The summed E-state index contributed by atoms with van der Waals surface area (Å²) in [4.78, 5) is 6.46. The highest BCUT2D eigenvalue weighted by molar-refractivity contribution is 5.53. The van der Waals surface area contributed by atoms with E-state index in [0.29, 0.717) is 6.04 Å². The van der Waals surface area contributed by atoms with Gasteiger partial charge in [0.25, 0.3) is 0 Å². The van der Waals surface area contributed by atoms with Crippen molar-refractivity contribution in [3.63, 3.8) is 0 Å². The third kappa shape index (κ3) is 2.69. The predicted octanol–water partition coefficient (Wildman–Crippen LogP) is 2.12. The molecule has 1 aromatic heterocycles. The Morgan fingerprint density at radius 1 is 1.47 bits per heavy atom. The van der Waals surface area contributed by atoms with Crippen LogP contribution in [0.25, 0.3) is 0 Å². The Bertz CT molecular complexity index is 323. The van der Waals surface area contributed by atoms with Gasteiger partial charge in [-0.15, -0.1) is 0 Å². The van der Waals surface area contributed by atoms with Crippen LogP contribution in [0.4, 0.5) is 5.69 Å². The van der Waals surface area contributed by atoms with E-state index in [1.807, 2.05) is 13.0 Å². The topological polar surface area (TPSA) is 36.4 Å². The molecule has 1 rings (SSSR count). The molecule has 0 aromatic carbocycles. The summed E-state index contributed by atoms with van der Waals surface area (Å²) >= 11 is 0. The van der Waals surface area contributed by atoms with Crippen LogP contribution in [0.2, 0.25) is 0 Å². The first-order valence-corrected chi connectivity index (χ1v) is 5.43. The summed E-state index contributed by atoms with van der Waals surface area (Å²) in [5.74, 6) is 0. The van der Waals surface area contributed by atoms with Crippen molar-refractivity contribution < 1.29 is 5.11 Å². The highest BCUT2D eigenvalue weighted by Crippen LogP contribution is 2.22. The highest BCUT2D eigenvalue weighted by atomic mass is 16.3. The van der Waals surface area contributed by atoms with E-state index in [9.17, 15) is 5.11 Å². The van der Waals surface area contributed by atoms with Crippen LogP contribution in [0, 0.1) is 6.92 Å². The number of aliphatic hydroxyl groups is 1. The van der Waals surface area contributed by atoms with Gasteiger partial charge in [0.15, 0.2) is 0 Å². The zero-order valence-corrected chi connectivity index (χ0v) is 9.99. The zero-order valence-electron chi connectivity index (χ0n) is 9.99. The molecule has 0 aliphatic heterocycles. The normalized spacial score (nSPS) is 10.8. The number of hydrogen-bond donors (Lipinski definition) is 1. The smallest absolute Gasteiger partial charge is 0.0717 e. The van der Waals surface area contributed by atoms with Gasteiger partial charge >= 0.3 is 0 Å². The number of hydrogen-bond acceptors (Lipinski definition) is 3. The molecule has 3 nitrogen and oxygen atoms in total. The quantitative estimate of drug-likeness (QED) is 0.823. The molecule has 0 saturated heterocycles. The van der Waals surface area contributed by atoms with E-state index >= 15 is 0 Å². The highest BCUT2D eigenvalue weighted by Gasteiger charge is 2.12. The molecule has 15 heavy (non-hydrogen) atoms. The molecule has 1 aromatic rings. The molecule has 0 unspecified atom stereocenters. The van der Waals surface area contributed by atoms with Gasteiger partial charge in [-0.1, -0.05) is 0 Å². The standard InChI is InChI=1S/C12H20N2O/c1-5-14(9(2)3)12-6-10(4)13-7-11(12)8-15/h6-7,9,15H,5,8H2,1-4H3. The molecule has 0 bridgehead atoms. The summed E-state index contributed by atoms with van der Waals surface area (Å²) in [6.07, 6.45) is 1.76. The van der Waals surface area contributed by atoms with Crippen molar-refractivity contribution in [1.29, 1.82) is 0 Å². The van der Waals surface area contributed by atoms with E-state index in [-0.39, 0.29) is 6.61 Å². The first-order valence-electron chi connectivity index (χ1n) is 5.43. The number of aromatic nitrogens is 1. The molecular formula is C12H20N2O. The molecule has 0 aliphatic rings. The Morgan fingerprint density at radius 2 is 2.13 bits per heavy atom. The average molecular weight is 208 g/mol. The van der Waals surface area contributed by atoms with E-state index < -0.39 is 0 Å². The van der Waals surface area contributed by atoms with Crippen LogP contribution in [-0.2, 0) is 6.61 Å². The number of aliphatic hydroxyl groups excluding tert-OH is 1. The van der Waals surface area contributed by atoms with E-state index in [4.69, 9.17) is 0 Å². The molecule has 0 radical (unpaired) electrons. The SMILES string of the molecule is CCN(c1cc(C)ncc1CO)C(C)C. The Morgan fingerprint density at radius 3 is 2.60 bits per heavy atom. The molecule has 0 aliphatic carbocycles. The molecule has 0 saturated carbocycles. The summed E-state index contributed by atoms with van der Waals surface area (Å²) in [6.45, 7) is 9.39. The van der Waals surface area contributed by atoms with Crippen molar-refractivity contribution in [1.82, 2.24) is 4.98 Å². The Hall–Kier alpha value is -1.09. The zero-order chi connectivity index (χ0) is 11.4. The van der Waals surface area contributed by atoms with Gasteiger partial charge in [0.2, 0.25) is 0 Å². The lowest BCUT2D eigenvalue weighted by molar-refractivity contribution is 0.281. The monoisotopic (exact) mass is 208 g/mol. The lowest BCUT2D eigenvalue weighted by Gasteiger charge is -2.29. The predicted molar refractivity (Wildman–Crippen MR) is 63.1 cm³/mol. The lowest BCUT2D eigenvalue weighted by atomic mass is 10.1. The Balaban J connectivity index is 3.13. The minimum absolute atomic E-state index is 0.0475. The van der Waals surface area contributed by atoms with Crippen molar-refractivity contribution in [3.8, 4) is 0 Å². The minimum Gasteiger partial charge on any atom is -0.392 e. The molecule has 0 amide bonds. The summed E-state index contributed by atoms with van der Waals surface area (Å²) in [5.41, 5.74) is 2.99. The van der Waals surface area contributed by atoms with Crippen molar-refractivity contribution in [2.24, 2.45) is 0 Å². The van der Waals surface area contributed by atoms with Gasteiger partial charge in [-0.2, -0.15) is 0 Å². The molecule has 3 heteroatoms. The van der Waals surface area contributed by atoms with E-state index in [0.717, 1.165) is 23.5 Å². The third-order valence-electron chi connectivity index (χ3n) is 2.54. The average Bonchev–Trinajstić information content (AvgIpc) is 2.18. The first-order chi connectivity index (χ1) is 7.10. The number of rotatable bonds is 4. The first kappa shape index (κ1) is 12.0. The van der Waals surface area contributed by atoms with Crippen LogP contribution in [0.15, 0.2) is 12.3 Å². The van der Waals surface area contributed by atoms with E-state index in [1.54, 1.807) is 6.20 Å². The molecule has 1 N–H and O–H groups in total. The van der Waals surface area contributed by atoms with Crippen LogP contribution < -0.4 is 4.90 Å². The lowest BCUT2D eigenvalue weighted by Crippen LogP contribution is -2.31. The van der Waals surface area contributed by atoms with Gasteiger partial charge in [-0.05, 0) is 33.8 Å². The summed E-state index contributed by atoms with van der Waals surface area (Å²) in [7, 11) is 0. The molecule has 0 fully saturated rings. The maximum absolute atomic E-state index is 9.27. The number of aryl methyl sites for hydroxylation is 1. The molecular weight excluding hydrogens is 188 g/mol. The summed E-state index contributed by atoms with van der Waals surface area (Å²) in [5, 5.41) is 9.27. The fourth-order valence-electron chi connectivity index (χ4n) is 1.78.